The van der Waals surface area contributed by atoms with Gasteiger partial charge in [-0.3, -0.25) is 4.79 Å². The van der Waals surface area contributed by atoms with Crippen molar-refractivity contribution < 1.29 is 24.1 Å². The van der Waals surface area contributed by atoms with Crippen molar-refractivity contribution in [3.05, 3.63) is 17.7 Å². The van der Waals surface area contributed by atoms with Crippen LogP contribution in [0.3, 0.4) is 0 Å². The summed E-state index contributed by atoms with van der Waals surface area (Å²) >= 11 is 0. The fraction of sp³-hybridized carbons (Fsp3) is 0.632. The highest BCUT2D eigenvalue weighted by atomic mass is 35.5. The number of carbonyl (C=O) groups excluding carboxylic acids is 1. The molecule has 3 aliphatic heterocycles. The van der Waals surface area contributed by atoms with Crippen LogP contribution < -0.4 is 14.8 Å². The van der Waals surface area contributed by atoms with Crippen LogP contribution in [-0.4, -0.2) is 67.5 Å². The first-order valence-electron chi connectivity index (χ1n) is 9.18. The predicted octanol–water partition coefficient (Wildman–Crippen LogP) is 1.96. The first-order valence-corrected chi connectivity index (χ1v) is 9.18. The van der Waals surface area contributed by atoms with Crippen molar-refractivity contribution >= 4 is 18.3 Å². The summed E-state index contributed by atoms with van der Waals surface area (Å²) in [6.45, 7) is 1.72. The largest absolute Gasteiger partial charge is 0.502 e. The molecular formula is C19H27ClN2O5. The van der Waals surface area contributed by atoms with E-state index in [0.29, 0.717) is 37.3 Å². The minimum absolute atomic E-state index is 0. The average molecular weight is 399 g/mol. The second-order valence-corrected chi connectivity index (χ2v) is 7.53. The van der Waals surface area contributed by atoms with Crippen LogP contribution in [0.15, 0.2) is 12.1 Å². The lowest BCUT2D eigenvalue weighted by Crippen LogP contribution is -2.60. The number of piperidine rings is 1. The van der Waals surface area contributed by atoms with Crippen LogP contribution in [0.25, 0.3) is 0 Å². The predicted molar refractivity (Wildman–Crippen MR) is 102 cm³/mol. The highest BCUT2D eigenvalue weighted by molar-refractivity contribution is 5.95. The summed E-state index contributed by atoms with van der Waals surface area (Å²) in [5, 5.41) is 13.7. The van der Waals surface area contributed by atoms with Crippen LogP contribution in [0, 0.1) is 0 Å². The second kappa shape index (κ2) is 7.73. The summed E-state index contributed by atoms with van der Waals surface area (Å²) in [5.74, 6) is 0.279. The number of rotatable bonds is 3. The van der Waals surface area contributed by atoms with Gasteiger partial charge in [-0.05, 0) is 37.8 Å². The lowest BCUT2D eigenvalue weighted by molar-refractivity contribution is -0.122. The number of hydrogen-bond donors (Lipinski definition) is 2. The van der Waals surface area contributed by atoms with Gasteiger partial charge in [-0.15, -0.1) is 12.4 Å². The number of methoxy groups -OCH3 is 2. The number of carbonyl (C=O) groups is 1. The van der Waals surface area contributed by atoms with Crippen molar-refractivity contribution in [2.75, 3.05) is 33.9 Å². The van der Waals surface area contributed by atoms with Crippen molar-refractivity contribution in [3.63, 3.8) is 0 Å². The normalized spacial score (nSPS) is 29.3. The molecule has 8 heteroatoms. The molecule has 1 unspecified atom stereocenters. The van der Waals surface area contributed by atoms with Gasteiger partial charge in [-0.25, -0.2) is 0 Å². The zero-order valence-electron chi connectivity index (χ0n) is 15.7. The van der Waals surface area contributed by atoms with E-state index in [1.165, 1.54) is 27.1 Å². The number of halogens is 1. The molecule has 1 aromatic rings. The zero-order chi connectivity index (χ0) is 18.3. The third-order valence-electron chi connectivity index (χ3n) is 5.83. The van der Waals surface area contributed by atoms with Crippen molar-refractivity contribution in [3.8, 4) is 17.2 Å². The molecule has 4 rings (SSSR count). The molecule has 1 aromatic carbocycles. The third-order valence-corrected chi connectivity index (χ3v) is 5.83. The molecule has 27 heavy (non-hydrogen) atoms. The minimum atomic E-state index is -0.240. The minimum Gasteiger partial charge on any atom is -0.502 e. The molecule has 3 saturated heterocycles. The van der Waals surface area contributed by atoms with E-state index in [2.05, 4.69) is 5.32 Å². The van der Waals surface area contributed by atoms with E-state index >= 15 is 0 Å². The van der Waals surface area contributed by atoms with Crippen LogP contribution in [0.1, 0.15) is 36.0 Å². The van der Waals surface area contributed by atoms with Gasteiger partial charge in [0.15, 0.2) is 11.5 Å². The number of ether oxygens (including phenoxy) is 3. The molecule has 7 nitrogen and oxygen atoms in total. The van der Waals surface area contributed by atoms with Crippen LogP contribution in [0.2, 0.25) is 0 Å². The Morgan fingerprint density at radius 3 is 2.37 bits per heavy atom. The molecule has 3 aliphatic rings. The van der Waals surface area contributed by atoms with Gasteiger partial charge < -0.3 is 29.5 Å². The first kappa shape index (κ1) is 20.0. The molecule has 0 aromatic heterocycles. The molecule has 3 heterocycles. The van der Waals surface area contributed by atoms with E-state index < -0.39 is 0 Å². The first-order chi connectivity index (χ1) is 12.5. The maximum atomic E-state index is 13.1. The topological polar surface area (TPSA) is 80.3 Å². The van der Waals surface area contributed by atoms with E-state index in [0.717, 1.165) is 12.8 Å². The number of nitrogens with one attached hydrogen (secondary N) is 1. The Morgan fingerprint density at radius 1 is 1.22 bits per heavy atom. The molecule has 1 spiro atoms. The van der Waals surface area contributed by atoms with Crippen LogP contribution in [0.5, 0.6) is 17.2 Å². The highest BCUT2D eigenvalue weighted by Crippen LogP contribution is 2.40. The number of benzene rings is 1. The number of phenolic OH excluding ortho intramolecular Hbond substituents is 1. The lowest BCUT2D eigenvalue weighted by Gasteiger charge is -2.47. The zero-order valence-corrected chi connectivity index (χ0v) is 16.5. The molecule has 0 aliphatic carbocycles. The summed E-state index contributed by atoms with van der Waals surface area (Å²) in [5.41, 5.74) is 0.210. The van der Waals surface area contributed by atoms with E-state index in [4.69, 9.17) is 14.2 Å². The van der Waals surface area contributed by atoms with Gasteiger partial charge in [0.1, 0.15) is 0 Å². The Labute approximate surface area is 165 Å². The standard InChI is InChI=1S/C19H26N2O5.ClH/c1-24-15-7-12(8-16(25-2)17(15)22)18(23)21-5-6-26-19(11-21)9-13-3-4-14(10-19)20-13;/h7-8,13-14,20,22H,3-6,9-11H2,1-2H3;1H/t13-,14+,19?;. The molecule has 2 N–H and O–H groups in total. The Bertz CT molecular complexity index is 676. The smallest absolute Gasteiger partial charge is 0.254 e. The van der Waals surface area contributed by atoms with Crippen LogP contribution >= 0.6 is 12.4 Å². The Morgan fingerprint density at radius 2 is 1.81 bits per heavy atom. The molecule has 2 bridgehead atoms. The maximum absolute atomic E-state index is 13.1. The summed E-state index contributed by atoms with van der Waals surface area (Å²) in [4.78, 5) is 15.0. The van der Waals surface area contributed by atoms with Gasteiger partial charge in [0.25, 0.3) is 5.91 Å². The molecule has 3 atom stereocenters. The average Bonchev–Trinajstić information content (AvgIpc) is 3.00. The molecule has 3 fully saturated rings. The monoisotopic (exact) mass is 398 g/mol. The van der Waals surface area contributed by atoms with E-state index in [1.807, 2.05) is 4.90 Å². The van der Waals surface area contributed by atoms with Crippen molar-refractivity contribution in [1.82, 2.24) is 10.2 Å². The summed E-state index contributed by atoms with van der Waals surface area (Å²) in [7, 11) is 2.91. The number of morpholine rings is 1. The van der Waals surface area contributed by atoms with Crippen LogP contribution in [-0.2, 0) is 4.74 Å². The molecule has 0 radical (unpaired) electrons. The fourth-order valence-electron chi connectivity index (χ4n) is 4.67. The molecule has 1 amide bonds. The van der Waals surface area contributed by atoms with E-state index in [-0.39, 0.29) is 41.2 Å². The van der Waals surface area contributed by atoms with E-state index in [9.17, 15) is 9.90 Å². The summed E-state index contributed by atoms with van der Waals surface area (Å²) in [6, 6.07) is 4.12. The number of phenols is 1. The van der Waals surface area contributed by atoms with Gasteiger partial charge >= 0.3 is 0 Å². The Hall–Kier alpha value is -1.70. The van der Waals surface area contributed by atoms with Crippen molar-refractivity contribution in [2.45, 2.75) is 43.4 Å². The third kappa shape index (κ3) is 3.68. The SMILES string of the molecule is COc1cc(C(=O)N2CCOC3(C[C@H]4CC[C@@H](C3)N4)C2)cc(OC)c1O.Cl. The van der Waals surface area contributed by atoms with Crippen molar-refractivity contribution in [2.24, 2.45) is 0 Å². The number of aromatic hydroxyl groups is 1. The van der Waals surface area contributed by atoms with Gasteiger partial charge in [0.05, 0.1) is 33.0 Å². The van der Waals surface area contributed by atoms with Gasteiger partial charge in [0.2, 0.25) is 5.75 Å². The highest BCUT2D eigenvalue weighted by Gasteiger charge is 2.47. The Balaban J connectivity index is 0.00000210. The molecule has 150 valence electrons. The summed E-state index contributed by atoms with van der Waals surface area (Å²) in [6.07, 6.45) is 4.29. The van der Waals surface area contributed by atoms with Gasteiger partial charge in [-0.2, -0.15) is 0 Å². The molecule has 0 saturated carbocycles. The summed E-state index contributed by atoms with van der Waals surface area (Å²) < 4.78 is 16.5. The van der Waals surface area contributed by atoms with Gasteiger partial charge in [-0.1, -0.05) is 0 Å². The van der Waals surface area contributed by atoms with Gasteiger partial charge in [0, 0.05) is 24.2 Å². The second-order valence-electron chi connectivity index (χ2n) is 7.53. The number of amides is 1. The number of nitrogens with zero attached hydrogens (tertiary/aromatic N) is 1. The fourth-order valence-corrected chi connectivity index (χ4v) is 4.67. The van der Waals surface area contributed by atoms with E-state index in [1.54, 1.807) is 12.1 Å². The number of fused-ring (bicyclic) bond motifs is 2. The quantitative estimate of drug-likeness (QED) is 0.810. The number of hydrogen-bond acceptors (Lipinski definition) is 6. The maximum Gasteiger partial charge on any atom is 0.254 e. The Kier molecular flexibility index (Phi) is 5.74. The van der Waals surface area contributed by atoms with Crippen LogP contribution in [0.4, 0.5) is 0 Å². The lowest BCUT2D eigenvalue weighted by atomic mass is 9.85. The molecular weight excluding hydrogens is 372 g/mol. The van der Waals surface area contributed by atoms with Crippen molar-refractivity contribution in [1.29, 1.82) is 0 Å².